The maximum atomic E-state index is 14.7. The number of carboxylic acids is 1. The van der Waals surface area contributed by atoms with Crippen molar-refractivity contribution in [3.8, 4) is 5.75 Å². The van der Waals surface area contributed by atoms with Gasteiger partial charge in [-0.3, -0.25) is 4.79 Å². The van der Waals surface area contributed by atoms with Crippen molar-refractivity contribution >= 4 is 39.2 Å². The zero-order valence-electron chi connectivity index (χ0n) is 22.1. The van der Waals surface area contributed by atoms with E-state index in [1.54, 1.807) is 30.3 Å². The number of hydrogen-bond donors (Lipinski definition) is 2. The Morgan fingerprint density at radius 2 is 1.30 bits per heavy atom. The summed E-state index contributed by atoms with van der Waals surface area (Å²) in [5.41, 5.74) is 0.0304. The Bertz CT molecular complexity index is 1810. The van der Waals surface area contributed by atoms with Gasteiger partial charge < -0.3 is 15.1 Å². The number of carbonyl (C=O) groups is 2. The minimum atomic E-state index is -5.61. The smallest absolute Gasteiger partial charge is 0.339 e. The number of sulfonamides is 1. The van der Waals surface area contributed by atoms with Crippen LogP contribution in [0, 0.1) is 29.1 Å². The minimum absolute atomic E-state index is 0.0959. The average molecular weight is 655 g/mol. The first kappa shape index (κ1) is 32.4. The number of rotatable bonds is 10. The Labute approximate surface area is 252 Å². The quantitative estimate of drug-likeness (QED) is 0.126. The lowest BCUT2D eigenvalue weighted by Crippen LogP contribution is -2.43. The van der Waals surface area contributed by atoms with Crippen LogP contribution in [0.4, 0.5) is 27.6 Å². The number of phenols is 1. The van der Waals surface area contributed by atoms with Crippen LogP contribution < -0.4 is 4.90 Å². The van der Waals surface area contributed by atoms with Crippen LogP contribution in [-0.2, 0) is 27.9 Å². The molecule has 0 spiro atoms. The van der Waals surface area contributed by atoms with Gasteiger partial charge in [-0.15, -0.1) is 0 Å². The SMILES string of the molecule is O=C(O)c1ccc(N(Cc2ccccc2)C(=O)CN(Cc2ccc(Cl)cc2)S(=O)(=O)c2c(F)c(F)c(F)c(F)c2F)cc1O. The number of carbonyl (C=O) groups excluding carboxylic acids is 1. The van der Waals surface area contributed by atoms with Crippen molar-refractivity contribution in [3.63, 3.8) is 0 Å². The number of anilines is 1. The van der Waals surface area contributed by atoms with E-state index in [4.69, 9.17) is 11.6 Å². The van der Waals surface area contributed by atoms with E-state index in [1.807, 2.05) is 0 Å². The predicted octanol–water partition coefficient (Wildman–Crippen LogP) is 5.86. The summed E-state index contributed by atoms with van der Waals surface area (Å²) in [4.78, 5) is 23.9. The summed E-state index contributed by atoms with van der Waals surface area (Å²) < 4.78 is 98.7. The van der Waals surface area contributed by atoms with Crippen LogP contribution in [0.2, 0.25) is 5.02 Å². The molecule has 8 nitrogen and oxygen atoms in total. The van der Waals surface area contributed by atoms with Gasteiger partial charge in [0.2, 0.25) is 21.7 Å². The maximum Gasteiger partial charge on any atom is 0.339 e. The van der Waals surface area contributed by atoms with Gasteiger partial charge in [0.15, 0.2) is 28.2 Å². The van der Waals surface area contributed by atoms with Gasteiger partial charge >= 0.3 is 5.97 Å². The van der Waals surface area contributed by atoms with Gasteiger partial charge in [-0.25, -0.2) is 35.2 Å². The van der Waals surface area contributed by atoms with Gasteiger partial charge in [-0.2, -0.15) is 4.31 Å². The Balaban J connectivity index is 1.83. The van der Waals surface area contributed by atoms with Crippen molar-refractivity contribution in [2.45, 2.75) is 18.0 Å². The van der Waals surface area contributed by atoms with Gasteiger partial charge in [-0.05, 0) is 35.4 Å². The summed E-state index contributed by atoms with van der Waals surface area (Å²) in [5, 5.41) is 19.7. The number of aromatic hydroxyl groups is 1. The molecule has 1 amide bonds. The number of aromatic carboxylic acids is 1. The number of benzene rings is 4. The van der Waals surface area contributed by atoms with Gasteiger partial charge in [0.05, 0.1) is 13.1 Å². The molecule has 4 aromatic rings. The Morgan fingerprint density at radius 3 is 1.84 bits per heavy atom. The third-order valence-corrected chi connectivity index (χ3v) is 8.42. The van der Waals surface area contributed by atoms with Crippen LogP contribution in [0.15, 0.2) is 77.7 Å². The predicted molar refractivity (Wildman–Crippen MR) is 148 cm³/mol. The highest BCUT2D eigenvalue weighted by atomic mass is 35.5. The highest BCUT2D eigenvalue weighted by molar-refractivity contribution is 7.89. The fraction of sp³-hybridized carbons (Fsp3) is 0.103. The van der Waals surface area contributed by atoms with Crippen LogP contribution in [-0.4, -0.2) is 41.4 Å². The van der Waals surface area contributed by atoms with Gasteiger partial charge in [0, 0.05) is 23.3 Å². The number of halogens is 6. The fourth-order valence-electron chi connectivity index (χ4n) is 4.15. The van der Waals surface area contributed by atoms with Crippen LogP contribution in [0.1, 0.15) is 21.5 Å². The van der Waals surface area contributed by atoms with Gasteiger partial charge in [0.1, 0.15) is 11.3 Å². The van der Waals surface area contributed by atoms with E-state index in [0.717, 1.165) is 23.1 Å². The minimum Gasteiger partial charge on any atom is -0.507 e. The molecule has 0 heterocycles. The maximum absolute atomic E-state index is 14.7. The van der Waals surface area contributed by atoms with E-state index < -0.39 is 80.3 Å². The van der Waals surface area contributed by atoms with Crippen LogP contribution in [0.3, 0.4) is 0 Å². The highest BCUT2D eigenvalue weighted by Gasteiger charge is 2.38. The first-order valence-corrected chi connectivity index (χ1v) is 14.2. The van der Waals surface area contributed by atoms with Crippen LogP contribution in [0.25, 0.3) is 0 Å². The van der Waals surface area contributed by atoms with Crippen molar-refractivity contribution in [1.29, 1.82) is 0 Å². The molecule has 0 fully saturated rings. The largest absolute Gasteiger partial charge is 0.507 e. The number of nitrogens with zero attached hydrogens (tertiary/aromatic N) is 2. The summed E-state index contributed by atoms with van der Waals surface area (Å²) >= 11 is 5.87. The molecule has 2 N–H and O–H groups in total. The monoisotopic (exact) mass is 654 g/mol. The topological polar surface area (TPSA) is 115 Å². The Hall–Kier alpha value is -4.53. The first-order valence-electron chi connectivity index (χ1n) is 12.4. The molecular weight excluding hydrogens is 635 g/mol. The zero-order chi connectivity index (χ0) is 32.3. The van der Waals surface area contributed by atoms with E-state index in [-0.39, 0.29) is 27.1 Å². The van der Waals surface area contributed by atoms with E-state index in [2.05, 4.69) is 0 Å². The third-order valence-electron chi connectivity index (χ3n) is 6.36. The van der Waals surface area contributed by atoms with Crippen molar-refractivity contribution in [3.05, 3.63) is 124 Å². The summed E-state index contributed by atoms with van der Waals surface area (Å²) in [7, 11) is -5.61. The second-order valence-corrected chi connectivity index (χ2v) is 11.6. The zero-order valence-corrected chi connectivity index (χ0v) is 23.7. The summed E-state index contributed by atoms with van der Waals surface area (Å²) in [6.07, 6.45) is 0. The second-order valence-electron chi connectivity index (χ2n) is 9.27. The lowest BCUT2D eigenvalue weighted by atomic mass is 10.1. The molecule has 0 aromatic heterocycles. The molecule has 15 heteroatoms. The Kier molecular flexibility index (Phi) is 9.56. The normalized spacial score (nSPS) is 11.5. The van der Waals surface area contributed by atoms with Crippen LogP contribution in [0.5, 0.6) is 5.75 Å². The molecule has 0 aliphatic carbocycles. The first-order chi connectivity index (χ1) is 20.7. The number of amides is 1. The molecule has 4 aromatic carbocycles. The molecule has 4 rings (SSSR count). The fourth-order valence-corrected chi connectivity index (χ4v) is 5.77. The Morgan fingerprint density at radius 1 is 0.750 bits per heavy atom. The molecular formula is C29H20ClF5N2O6S. The van der Waals surface area contributed by atoms with Crippen molar-refractivity contribution in [2.75, 3.05) is 11.4 Å². The number of hydrogen-bond acceptors (Lipinski definition) is 5. The lowest BCUT2D eigenvalue weighted by Gasteiger charge is -2.28. The van der Waals surface area contributed by atoms with Crippen molar-refractivity contribution in [2.24, 2.45) is 0 Å². The van der Waals surface area contributed by atoms with E-state index in [9.17, 15) is 50.2 Å². The molecule has 0 aliphatic heterocycles. The summed E-state index contributed by atoms with van der Waals surface area (Å²) in [5.74, 6) is -16.1. The second kappa shape index (κ2) is 13.0. The molecule has 44 heavy (non-hydrogen) atoms. The molecule has 0 aliphatic rings. The van der Waals surface area contributed by atoms with E-state index in [1.165, 1.54) is 24.3 Å². The average Bonchev–Trinajstić information content (AvgIpc) is 2.98. The molecule has 0 saturated carbocycles. The van der Waals surface area contributed by atoms with Crippen molar-refractivity contribution in [1.82, 2.24) is 4.31 Å². The molecule has 0 saturated heterocycles. The van der Waals surface area contributed by atoms with Crippen LogP contribution >= 0.6 is 11.6 Å². The van der Waals surface area contributed by atoms with Gasteiger partial charge in [0.25, 0.3) is 0 Å². The lowest BCUT2D eigenvalue weighted by molar-refractivity contribution is -0.119. The van der Waals surface area contributed by atoms with E-state index >= 15 is 0 Å². The molecule has 0 radical (unpaired) electrons. The summed E-state index contributed by atoms with van der Waals surface area (Å²) in [6, 6.07) is 16.5. The molecule has 0 unspecified atom stereocenters. The molecule has 0 atom stereocenters. The highest BCUT2D eigenvalue weighted by Crippen LogP contribution is 2.31. The molecule has 0 bridgehead atoms. The number of carboxylic acid groups (broad SMARTS) is 1. The third kappa shape index (κ3) is 6.67. The van der Waals surface area contributed by atoms with Gasteiger partial charge in [-0.1, -0.05) is 54.1 Å². The summed E-state index contributed by atoms with van der Waals surface area (Å²) in [6.45, 7) is -2.23. The van der Waals surface area contributed by atoms with Crippen molar-refractivity contribution < 1.29 is 50.2 Å². The standard InChI is InChI=1S/C29H20ClF5N2O6S/c30-18-8-6-17(7-9-18)13-36(44(42,43)28-26(34)24(32)23(31)25(33)27(28)35)15-22(39)37(14-16-4-2-1-3-5-16)19-10-11-20(29(40)41)21(38)12-19/h1-12,38H,13-15H2,(H,40,41). The molecule has 230 valence electrons. The van der Waals surface area contributed by atoms with E-state index in [0.29, 0.717) is 5.56 Å².